The topological polar surface area (TPSA) is 156 Å². The number of aliphatic carboxylic acids is 1. The van der Waals surface area contributed by atoms with Crippen LogP contribution in [0.15, 0.2) is 42.7 Å². The molecule has 0 radical (unpaired) electrons. The quantitative estimate of drug-likeness (QED) is 0.422. The lowest BCUT2D eigenvalue weighted by Gasteiger charge is -2.32. The van der Waals surface area contributed by atoms with E-state index in [1.165, 1.54) is 30.6 Å². The number of carbonyl (C=O) groups is 2. The van der Waals surface area contributed by atoms with E-state index in [9.17, 15) is 27.8 Å². The molecule has 1 aromatic carbocycles. The Kier molecular flexibility index (Phi) is 7.04. The van der Waals surface area contributed by atoms with Gasteiger partial charge in [-0.15, -0.1) is 0 Å². The second-order valence-corrected chi connectivity index (χ2v) is 9.39. The fourth-order valence-corrected chi connectivity index (χ4v) is 5.00. The molecule has 36 heavy (non-hydrogen) atoms. The third kappa shape index (κ3) is 4.79. The molecule has 1 fully saturated rings. The summed E-state index contributed by atoms with van der Waals surface area (Å²) >= 11 is -2.82. The molecule has 1 unspecified atom stereocenters. The van der Waals surface area contributed by atoms with E-state index in [1.807, 2.05) is 0 Å². The van der Waals surface area contributed by atoms with Gasteiger partial charge in [0.2, 0.25) is 5.91 Å². The first kappa shape index (κ1) is 25.3. The van der Waals surface area contributed by atoms with Crippen molar-refractivity contribution in [1.29, 1.82) is 0 Å². The van der Waals surface area contributed by atoms with E-state index in [-0.39, 0.29) is 36.5 Å². The molecule has 0 aliphatic carbocycles. The average Bonchev–Trinajstić information content (AvgIpc) is 3.19. The Morgan fingerprint density at radius 2 is 2.08 bits per heavy atom. The summed E-state index contributed by atoms with van der Waals surface area (Å²) < 4.78 is 39.9. The van der Waals surface area contributed by atoms with Crippen LogP contribution >= 0.6 is 0 Å². The second kappa shape index (κ2) is 10.0. The maximum Gasteiger partial charge on any atom is 0.326 e. The predicted octanol–water partition coefficient (Wildman–Crippen LogP) is 1.31. The number of fused-ring (bicyclic) bond motifs is 1. The number of carbonyl (C=O) groups excluding carboxylic acids is 1. The fraction of sp³-hybridized carbons (Fsp3) is 0.304. The first-order valence-corrected chi connectivity index (χ1v) is 12.0. The van der Waals surface area contributed by atoms with E-state index < -0.39 is 41.0 Å². The number of aromatic nitrogens is 2. The Hall–Kier alpha value is -3.84. The van der Waals surface area contributed by atoms with E-state index in [4.69, 9.17) is 5.73 Å². The molecule has 13 heteroatoms. The van der Waals surface area contributed by atoms with Gasteiger partial charge in [-0.2, -0.15) is 0 Å². The van der Waals surface area contributed by atoms with Crippen molar-refractivity contribution in [3.63, 3.8) is 0 Å². The van der Waals surface area contributed by atoms with E-state index >= 15 is 0 Å². The molecule has 1 saturated heterocycles. The average molecular weight is 516 g/mol. The van der Waals surface area contributed by atoms with Crippen LogP contribution < -0.4 is 14.9 Å². The minimum Gasteiger partial charge on any atom is -0.755 e. The fourth-order valence-electron chi connectivity index (χ4n) is 4.32. The molecule has 3 atom stereocenters. The van der Waals surface area contributed by atoms with Gasteiger partial charge in [0.1, 0.15) is 29.5 Å². The second-order valence-electron chi connectivity index (χ2n) is 8.57. The van der Waals surface area contributed by atoms with Gasteiger partial charge >= 0.3 is 5.97 Å². The van der Waals surface area contributed by atoms with Gasteiger partial charge in [0.15, 0.2) is 0 Å². The third-order valence-electron chi connectivity index (χ3n) is 6.14. The molecule has 0 saturated carbocycles. The highest BCUT2D eigenvalue weighted by atomic mass is 32.2. The number of nitrogens with zero attached hydrogens (tertiary/aromatic N) is 5. The van der Waals surface area contributed by atoms with Crippen molar-refractivity contribution in [2.75, 3.05) is 35.6 Å². The zero-order valence-electron chi connectivity index (χ0n) is 19.5. The van der Waals surface area contributed by atoms with Crippen LogP contribution in [0.2, 0.25) is 0 Å². The van der Waals surface area contributed by atoms with E-state index in [0.717, 1.165) is 9.21 Å². The summed E-state index contributed by atoms with van der Waals surface area (Å²) in [5.41, 5.74) is 6.06. The van der Waals surface area contributed by atoms with Crippen LogP contribution in [-0.4, -0.2) is 73.3 Å². The molecule has 3 N–H and O–H groups in total. The lowest BCUT2D eigenvalue weighted by molar-refractivity contribution is -0.148. The minimum absolute atomic E-state index is 0.0105. The summed E-state index contributed by atoms with van der Waals surface area (Å²) in [6.07, 6.45) is 2.55. The number of carboxylic acid groups (broad SMARTS) is 1. The molecule has 190 valence electrons. The number of amides is 1. The van der Waals surface area contributed by atoms with Gasteiger partial charge in [0.05, 0.1) is 11.9 Å². The number of hydrogen-bond acceptors (Lipinski definition) is 8. The standard InChI is InChI=1S/C23H25FN6O5S/c1-28(2)20-4-3-15(12-27-20)30(36(34)35)18-6-8-29(22(18)31)19(23(32)33)10-14-9-13-5-7-26-21(25)16(13)11-17(14)24/h3-5,7,9,11-12,18-19H,6,8,10H2,1-2H3,(H2,25,26)(H,32,33)(H,34,35)/p-1/t18-,19+/m0/s1. The van der Waals surface area contributed by atoms with Crippen molar-refractivity contribution < 1.29 is 27.8 Å². The molecule has 4 rings (SSSR count). The van der Waals surface area contributed by atoms with Gasteiger partial charge < -0.3 is 25.2 Å². The van der Waals surface area contributed by atoms with Crippen molar-refractivity contribution in [3.05, 3.63) is 54.1 Å². The van der Waals surface area contributed by atoms with Gasteiger partial charge in [0.25, 0.3) is 0 Å². The smallest absolute Gasteiger partial charge is 0.326 e. The summed E-state index contributed by atoms with van der Waals surface area (Å²) in [6.45, 7) is -0.0105. The highest BCUT2D eigenvalue weighted by molar-refractivity contribution is 7.80. The van der Waals surface area contributed by atoms with Crippen molar-refractivity contribution in [2.24, 2.45) is 0 Å². The maximum absolute atomic E-state index is 14.8. The van der Waals surface area contributed by atoms with E-state index in [1.54, 1.807) is 31.1 Å². The molecular formula is C23H24FN6O5S-. The van der Waals surface area contributed by atoms with Gasteiger partial charge in [-0.25, -0.2) is 19.2 Å². The number of nitrogens with two attached hydrogens (primary N) is 1. The molecule has 1 aliphatic rings. The Morgan fingerprint density at radius 3 is 2.69 bits per heavy atom. The van der Waals surface area contributed by atoms with Crippen LogP contribution in [0, 0.1) is 5.82 Å². The zero-order valence-corrected chi connectivity index (χ0v) is 20.3. The number of rotatable bonds is 8. The molecule has 2 aromatic heterocycles. The Bertz CT molecular complexity index is 1340. The van der Waals surface area contributed by atoms with Crippen molar-refractivity contribution >= 4 is 51.2 Å². The SMILES string of the molecule is CN(C)c1ccc(N([C@H]2CCN([C@H](Cc3cc4ccnc(N)c4cc3F)C(=O)O)C2=O)S(=O)[O-])cn1. The predicted molar refractivity (Wildman–Crippen MR) is 131 cm³/mol. The van der Waals surface area contributed by atoms with Gasteiger partial charge in [-0.3, -0.25) is 13.3 Å². The van der Waals surface area contributed by atoms with Crippen LogP contribution in [-0.2, 0) is 27.3 Å². The molecular weight excluding hydrogens is 491 g/mol. The highest BCUT2D eigenvalue weighted by Gasteiger charge is 2.42. The molecule has 0 spiro atoms. The summed E-state index contributed by atoms with van der Waals surface area (Å²) in [5, 5.41) is 10.9. The van der Waals surface area contributed by atoms with Crippen molar-refractivity contribution in [3.8, 4) is 0 Å². The molecule has 3 heterocycles. The molecule has 11 nitrogen and oxygen atoms in total. The van der Waals surface area contributed by atoms with Crippen LogP contribution in [0.5, 0.6) is 0 Å². The zero-order chi connectivity index (χ0) is 26.1. The minimum atomic E-state index is -2.82. The first-order valence-electron chi connectivity index (χ1n) is 11.0. The summed E-state index contributed by atoms with van der Waals surface area (Å²) in [6, 6.07) is 4.87. The monoisotopic (exact) mass is 515 g/mol. The number of benzene rings is 1. The van der Waals surface area contributed by atoms with Crippen molar-refractivity contribution in [2.45, 2.75) is 24.9 Å². The van der Waals surface area contributed by atoms with E-state index in [2.05, 4.69) is 9.97 Å². The number of halogens is 1. The van der Waals surface area contributed by atoms with Gasteiger partial charge in [-0.1, -0.05) is 0 Å². The number of nitrogen functional groups attached to an aromatic ring is 1. The molecule has 1 aliphatic heterocycles. The molecule has 1 amide bonds. The van der Waals surface area contributed by atoms with Gasteiger partial charge in [-0.05, 0) is 47.7 Å². The highest BCUT2D eigenvalue weighted by Crippen LogP contribution is 2.29. The van der Waals surface area contributed by atoms with Crippen LogP contribution in [0.3, 0.4) is 0 Å². The number of anilines is 3. The normalized spacial score (nSPS) is 17.3. The third-order valence-corrected chi connectivity index (χ3v) is 6.92. The number of carboxylic acids is 1. The molecule has 3 aromatic rings. The maximum atomic E-state index is 14.8. The summed E-state index contributed by atoms with van der Waals surface area (Å²) in [5.74, 6) is -1.95. The Balaban J connectivity index is 1.61. The Labute approximate surface area is 208 Å². The van der Waals surface area contributed by atoms with Crippen LogP contribution in [0.4, 0.5) is 21.7 Å². The summed E-state index contributed by atoms with van der Waals surface area (Å²) in [7, 11) is 3.56. The molecule has 0 bridgehead atoms. The van der Waals surface area contributed by atoms with Gasteiger partial charge in [0, 0.05) is 49.9 Å². The lowest BCUT2D eigenvalue weighted by Crippen LogP contribution is -2.48. The number of hydrogen-bond donors (Lipinski definition) is 2. The largest absolute Gasteiger partial charge is 0.755 e. The first-order chi connectivity index (χ1) is 17.1. The number of pyridine rings is 2. The van der Waals surface area contributed by atoms with Crippen LogP contribution in [0.1, 0.15) is 12.0 Å². The van der Waals surface area contributed by atoms with Crippen LogP contribution in [0.25, 0.3) is 10.8 Å². The van der Waals surface area contributed by atoms with E-state index in [0.29, 0.717) is 16.6 Å². The lowest BCUT2D eigenvalue weighted by atomic mass is 10.0. The summed E-state index contributed by atoms with van der Waals surface area (Å²) in [4.78, 5) is 36.4. The Morgan fingerprint density at radius 1 is 1.33 bits per heavy atom. The number of likely N-dealkylation sites (tertiary alicyclic amines) is 1. The van der Waals surface area contributed by atoms with Crippen molar-refractivity contribution in [1.82, 2.24) is 14.9 Å².